The van der Waals surface area contributed by atoms with Crippen LogP contribution in [0.3, 0.4) is 0 Å². The lowest BCUT2D eigenvalue weighted by Gasteiger charge is -2.04. The van der Waals surface area contributed by atoms with Crippen molar-refractivity contribution >= 4 is 16.6 Å². The van der Waals surface area contributed by atoms with E-state index >= 15 is 0 Å². The number of nitrogens with one attached hydrogen (secondary N) is 1. The Bertz CT molecular complexity index is 1450. The van der Waals surface area contributed by atoms with Crippen LogP contribution in [0.5, 0.6) is 0 Å². The zero-order chi connectivity index (χ0) is 20.1. The molecule has 0 unspecified atom stereocenters. The Labute approximate surface area is 163 Å². The number of rotatable bonds is 2. The van der Waals surface area contributed by atoms with Gasteiger partial charge in [-0.1, -0.05) is 12.1 Å². The summed E-state index contributed by atoms with van der Waals surface area (Å²) in [7, 11) is 0. The molecule has 0 bridgehead atoms. The van der Waals surface area contributed by atoms with E-state index < -0.39 is 11.6 Å². The van der Waals surface area contributed by atoms with Crippen LogP contribution in [0.25, 0.3) is 39.2 Å². The number of benzene rings is 2. The summed E-state index contributed by atoms with van der Waals surface area (Å²) < 4.78 is 28.6. The number of H-pyrrole nitrogens is 1. The number of hydrogen-bond donors (Lipinski definition) is 1. The number of pyridine rings is 2. The van der Waals surface area contributed by atoms with Gasteiger partial charge in [-0.05, 0) is 48.9 Å². The van der Waals surface area contributed by atoms with Gasteiger partial charge in [0.15, 0.2) is 16.9 Å². The quantitative estimate of drug-likeness (QED) is 0.485. The van der Waals surface area contributed by atoms with Crippen LogP contribution in [0.2, 0.25) is 0 Å². The van der Waals surface area contributed by atoms with Crippen LogP contribution in [0, 0.1) is 18.6 Å². The van der Waals surface area contributed by atoms with Crippen LogP contribution in [0.4, 0.5) is 8.78 Å². The summed E-state index contributed by atoms with van der Waals surface area (Å²) in [5.41, 5.74) is 3.22. The molecule has 5 nitrogen and oxygen atoms in total. The molecule has 7 heteroatoms. The molecule has 3 heterocycles. The normalized spacial score (nSPS) is 11.4. The Morgan fingerprint density at radius 1 is 0.966 bits per heavy atom. The number of fused-ring (bicyclic) bond motifs is 2. The van der Waals surface area contributed by atoms with Gasteiger partial charge >= 0.3 is 0 Å². The molecule has 0 saturated carbocycles. The minimum Gasteiger partial charge on any atom is -0.351 e. The number of aromatic amines is 1. The average molecular weight is 388 g/mol. The molecule has 0 aliphatic carbocycles. The molecule has 0 fully saturated rings. The SMILES string of the molecule is Cc1c(-c2nc3ccc(-c4cc(F)cc(F)c4)cn3n2)[nH]c2ccccc2c1=O. The molecular weight excluding hydrogens is 374 g/mol. The summed E-state index contributed by atoms with van der Waals surface area (Å²) in [5.74, 6) is -0.930. The van der Waals surface area contributed by atoms with Gasteiger partial charge < -0.3 is 4.98 Å². The second kappa shape index (κ2) is 6.34. The van der Waals surface area contributed by atoms with Crippen LogP contribution in [-0.2, 0) is 0 Å². The summed E-state index contributed by atoms with van der Waals surface area (Å²) >= 11 is 0. The van der Waals surface area contributed by atoms with E-state index in [0.29, 0.717) is 44.8 Å². The topological polar surface area (TPSA) is 63.1 Å². The Balaban J connectivity index is 1.67. The highest BCUT2D eigenvalue weighted by Gasteiger charge is 2.15. The van der Waals surface area contributed by atoms with Crippen molar-refractivity contribution in [2.24, 2.45) is 0 Å². The van der Waals surface area contributed by atoms with Crippen molar-refractivity contribution in [2.75, 3.05) is 0 Å². The number of nitrogens with zero attached hydrogens (tertiary/aromatic N) is 3. The lowest BCUT2D eigenvalue weighted by atomic mass is 10.1. The molecule has 0 amide bonds. The maximum Gasteiger partial charge on any atom is 0.198 e. The Morgan fingerprint density at radius 3 is 2.52 bits per heavy atom. The fraction of sp³-hybridized carbons (Fsp3) is 0.0455. The number of para-hydroxylation sites is 1. The fourth-order valence-corrected chi connectivity index (χ4v) is 3.44. The smallest absolute Gasteiger partial charge is 0.198 e. The van der Waals surface area contributed by atoms with E-state index in [9.17, 15) is 13.6 Å². The van der Waals surface area contributed by atoms with Gasteiger partial charge in [0.25, 0.3) is 0 Å². The molecular formula is C22H14F2N4O. The summed E-state index contributed by atoms with van der Waals surface area (Å²) in [6, 6.07) is 14.0. The highest BCUT2D eigenvalue weighted by Crippen LogP contribution is 2.24. The van der Waals surface area contributed by atoms with Crippen LogP contribution in [-0.4, -0.2) is 19.6 Å². The first-order valence-corrected chi connectivity index (χ1v) is 8.94. The largest absolute Gasteiger partial charge is 0.351 e. The van der Waals surface area contributed by atoms with E-state index in [1.165, 1.54) is 16.6 Å². The standard InChI is InChI=1S/C22H14F2N4O/c1-12-20(25-18-5-3-2-4-17(18)21(12)29)22-26-19-7-6-13(11-28(19)27-22)14-8-15(23)10-16(24)9-14/h2-11H,1H3,(H,25,29). The van der Waals surface area contributed by atoms with Crippen LogP contribution in [0.1, 0.15) is 5.56 Å². The van der Waals surface area contributed by atoms with Gasteiger partial charge in [0.2, 0.25) is 0 Å². The lowest BCUT2D eigenvalue weighted by Crippen LogP contribution is -2.09. The monoisotopic (exact) mass is 388 g/mol. The van der Waals surface area contributed by atoms with Gasteiger partial charge in [0, 0.05) is 34.3 Å². The molecule has 3 aromatic heterocycles. The second-order valence-corrected chi connectivity index (χ2v) is 6.81. The molecule has 2 aromatic carbocycles. The van der Waals surface area contributed by atoms with E-state index in [2.05, 4.69) is 15.1 Å². The van der Waals surface area contributed by atoms with E-state index in [4.69, 9.17) is 0 Å². The number of hydrogen-bond acceptors (Lipinski definition) is 3. The average Bonchev–Trinajstić information content (AvgIpc) is 3.13. The van der Waals surface area contributed by atoms with Gasteiger partial charge in [-0.25, -0.2) is 18.3 Å². The zero-order valence-corrected chi connectivity index (χ0v) is 15.3. The summed E-state index contributed by atoms with van der Waals surface area (Å²) in [4.78, 5) is 20.4. The van der Waals surface area contributed by atoms with Crippen molar-refractivity contribution in [3.63, 3.8) is 0 Å². The highest BCUT2D eigenvalue weighted by atomic mass is 19.1. The third-order valence-corrected chi connectivity index (χ3v) is 4.90. The summed E-state index contributed by atoms with van der Waals surface area (Å²) in [5, 5.41) is 5.08. The predicted octanol–water partition coefficient (Wildman–Crippen LogP) is 4.49. The van der Waals surface area contributed by atoms with Crippen LogP contribution in [0.15, 0.2) is 65.6 Å². The molecule has 0 saturated heterocycles. The molecule has 0 atom stereocenters. The summed E-state index contributed by atoms with van der Waals surface area (Å²) in [6.45, 7) is 1.73. The molecule has 29 heavy (non-hydrogen) atoms. The third-order valence-electron chi connectivity index (χ3n) is 4.90. The number of halogens is 2. The Kier molecular flexibility index (Phi) is 3.77. The van der Waals surface area contributed by atoms with E-state index in [-0.39, 0.29) is 5.43 Å². The highest BCUT2D eigenvalue weighted by molar-refractivity contribution is 5.82. The van der Waals surface area contributed by atoms with Gasteiger partial charge in [-0.2, -0.15) is 0 Å². The maximum atomic E-state index is 13.6. The van der Waals surface area contributed by atoms with Crippen molar-refractivity contribution < 1.29 is 8.78 Å². The Hall–Kier alpha value is -3.87. The molecule has 142 valence electrons. The van der Waals surface area contributed by atoms with Gasteiger partial charge in [-0.3, -0.25) is 4.79 Å². The molecule has 0 spiro atoms. The molecule has 0 aliphatic rings. The molecule has 1 N–H and O–H groups in total. The van der Waals surface area contributed by atoms with Crippen LogP contribution >= 0.6 is 0 Å². The van der Waals surface area contributed by atoms with Crippen molar-refractivity contribution in [2.45, 2.75) is 6.92 Å². The Morgan fingerprint density at radius 2 is 1.72 bits per heavy atom. The van der Waals surface area contributed by atoms with Crippen molar-refractivity contribution in [3.8, 4) is 22.6 Å². The second-order valence-electron chi connectivity index (χ2n) is 6.81. The molecule has 0 aliphatic heterocycles. The molecule has 5 aromatic rings. The van der Waals surface area contributed by atoms with Crippen molar-refractivity contribution in [3.05, 3.63) is 88.2 Å². The van der Waals surface area contributed by atoms with E-state index in [1.807, 2.05) is 18.2 Å². The van der Waals surface area contributed by atoms with Gasteiger partial charge in [0.05, 0.1) is 5.69 Å². The van der Waals surface area contributed by atoms with Crippen molar-refractivity contribution in [1.82, 2.24) is 19.6 Å². The first-order valence-electron chi connectivity index (χ1n) is 8.94. The molecule has 0 radical (unpaired) electrons. The lowest BCUT2D eigenvalue weighted by molar-refractivity contribution is 0.584. The zero-order valence-electron chi connectivity index (χ0n) is 15.3. The minimum atomic E-state index is -0.649. The van der Waals surface area contributed by atoms with Crippen molar-refractivity contribution in [1.29, 1.82) is 0 Å². The first kappa shape index (κ1) is 17.2. The minimum absolute atomic E-state index is 0.0795. The maximum absolute atomic E-state index is 13.6. The van der Waals surface area contributed by atoms with E-state index in [0.717, 1.165) is 6.07 Å². The summed E-state index contributed by atoms with van der Waals surface area (Å²) in [6.07, 6.45) is 1.65. The predicted molar refractivity (Wildman–Crippen MR) is 107 cm³/mol. The number of aromatic nitrogens is 4. The van der Waals surface area contributed by atoms with Gasteiger partial charge in [-0.15, -0.1) is 5.10 Å². The van der Waals surface area contributed by atoms with Gasteiger partial charge in [0.1, 0.15) is 11.6 Å². The molecule has 5 rings (SSSR count). The third kappa shape index (κ3) is 2.87. The van der Waals surface area contributed by atoms with Crippen LogP contribution < -0.4 is 5.43 Å². The van der Waals surface area contributed by atoms with E-state index in [1.54, 1.807) is 31.3 Å². The first-order chi connectivity index (χ1) is 14.0. The fourth-order valence-electron chi connectivity index (χ4n) is 3.44.